The highest BCUT2D eigenvalue weighted by Gasteiger charge is 2.23. The van der Waals surface area contributed by atoms with Crippen LogP contribution >= 0.6 is 23.2 Å². The summed E-state index contributed by atoms with van der Waals surface area (Å²) in [6, 6.07) is 9.79. The zero-order valence-corrected chi connectivity index (χ0v) is 16.4. The van der Waals surface area contributed by atoms with E-state index in [0.717, 1.165) is 24.5 Å². The number of halogens is 3. The number of rotatable bonds is 8. The Kier molecular flexibility index (Phi) is 6.75. The third-order valence-electron chi connectivity index (χ3n) is 4.19. The number of amides is 2. The van der Waals surface area contributed by atoms with E-state index < -0.39 is 11.7 Å². The third-order valence-corrected chi connectivity index (χ3v) is 4.79. The molecule has 0 atom stereocenters. The van der Waals surface area contributed by atoms with Crippen LogP contribution < -0.4 is 15.4 Å². The van der Waals surface area contributed by atoms with Crippen LogP contribution in [0.1, 0.15) is 28.8 Å². The second-order valence-electron chi connectivity index (χ2n) is 6.53. The lowest BCUT2D eigenvalue weighted by Gasteiger charge is -2.09. The van der Waals surface area contributed by atoms with Gasteiger partial charge in [-0.15, -0.1) is 0 Å². The smallest absolute Gasteiger partial charge is 0.258 e. The Morgan fingerprint density at radius 2 is 1.82 bits per heavy atom. The second-order valence-corrected chi connectivity index (χ2v) is 7.34. The topological polar surface area (TPSA) is 67.4 Å². The summed E-state index contributed by atoms with van der Waals surface area (Å²) in [6.45, 7) is 0.341. The van der Waals surface area contributed by atoms with Gasteiger partial charge in [-0.25, -0.2) is 4.39 Å². The van der Waals surface area contributed by atoms with Crippen molar-refractivity contribution in [1.82, 2.24) is 10.6 Å². The first-order valence-corrected chi connectivity index (χ1v) is 9.62. The van der Waals surface area contributed by atoms with Crippen LogP contribution in [0.3, 0.4) is 0 Å². The van der Waals surface area contributed by atoms with Gasteiger partial charge in [-0.1, -0.05) is 35.3 Å². The van der Waals surface area contributed by atoms with Crippen molar-refractivity contribution in [1.29, 1.82) is 0 Å². The molecule has 0 bridgehead atoms. The van der Waals surface area contributed by atoms with E-state index in [1.165, 1.54) is 6.07 Å². The van der Waals surface area contributed by atoms with E-state index in [2.05, 4.69) is 10.6 Å². The van der Waals surface area contributed by atoms with Gasteiger partial charge in [0.25, 0.3) is 11.8 Å². The molecule has 1 saturated carbocycles. The SMILES string of the molecule is O=C(COc1ccc(CCNC(=O)c2cc(F)c(Cl)cc2Cl)cc1)NC1CC1. The van der Waals surface area contributed by atoms with Crippen molar-refractivity contribution in [2.45, 2.75) is 25.3 Å². The summed E-state index contributed by atoms with van der Waals surface area (Å²) in [7, 11) is 0. The van der Waals surface area contributed by atoms with E-state index in [4.69, 9.17) is 27.9 Å². The van der Waals surface area contributed by atoms with Crippen molar-refractivity contribution in [3.05, 3.63) is 63.4 Å². The van der Waals surface area contributed by atoms with Crippen LogP contribution in [0.15, 0.2) is 36.4 Å². The van der Waals surface area contributed by atoms with Gasteiger partial charge in [0, 0.05) is 12.6 Å². The molecule has 2 aromatic carbocycles. The minimum atomic E-state index is -0.697. The van der Waals surface area contributed by atoms with Gasteiger partial charge in [0.15, 0.2) is 6.61 Å². The second kappa shape index (κ2) is 9.26. The van der Waals surface area contributed by atoms with Gasteiger partial charge in [0.1, 0.15) is 11.6 Å². The number of hydrogen-bond donors (Lipinski definition) is 2. The van der Waals surface area contributed by atoms with Crippen molar-refractivity contribution in [2.75, 3.05) is 13.2 Å². The molecule has 1 aliphatic carbocycles. The molecular weight excluding hydrogens is 406 g/mol. The first kappa shape index (κ1) is 20.4. The Balaban J connectivity index is 1.43. The van der Waals surface area contributed by atoms with E-state index in [-0.39, 0.29) is 28.1 Å². The van der Waals surface area contributed by atoms with E-state index >= 15 is 0 Å². The first-order chi connectivity index (χ1) is 13.4. The quantitative estimate of drug-likeness (QED) is 0.633. The largest absolute Gasteiger partial charge is 0.484 e. The molecule has 0 radical (unpaired) electrons. The molecule has 2 aromatic rings. The van der Waals surface area contributed by atoms with Crippen LogP contribution in [0, 0.1) is 5.82 Å². The standard InChI is InChI=1S/C20H19Cl2FN2O3/c21-16-10-17(22)18(23)9-15(16)20(27)24-8-7-12-1-5-14(6-2-12)28-11-19(26)25-13-3-4-13/h1-2,5-6,9-10,13H,3-4,7-8,11H2,(H,24,27)(H,25,26). The van der Waals surface area contributed by atoms with Gasteiger partial charge in [0.2, 0.25) is 0 Å². The summed E-state index contributed by atoms with van der Waals surface area (Å²) in [4.78, 5) is 23.7. The lowest BCUT2D eigenvalue weighted by molar-refractivity contribution is -0.123. The average Bonchev–Trinajstić information content (AvgIpc) is 3.48. The molecule has 2 amide bonds. The van der Waals surface area contributed by atoms with E-state index in [1.54, 1.807) is 12.1 Å². The Morgan fingerprint density at radius 1 is 1.11 bits per heavy atom. The zero-order chi connectivity index (χ0) is 20.1. The molecule has 0 saturated heterocycles. The van der Waals surface area contributed by atoms with Crippen molar-refractivity contribution < 1.29 is 18.7 Å². The highest BCUT2D eigenvalue weighted by atomic mass is 35.5. The molecule has 148 valence electrons. The number of ether oxygens (including phenoxy) is 1. The van der Waals surface area contributed by atoms with E-state index in [0.29, 0.717) is 24.8 Å². The third kappa shape index (κ3) is 5.84. The fourth-order valence-corrected chi connectivity index (χ4v) is 2.98. The predicted octanol–water partition coefficient (Wildman–Crippen LogP) is 3.76. The zero-order valence-electron chi connectivity index (χ0n) is 14.9. The van der Waals surface area contributed by atoms with Crippen LogP contribution in [-0.2, 0) is 11.2 Å². The highest BCUT2D eigenvalue weighted by molar-refractivity contribution is 6.36. The molecule has 1 aliphatic rings. The number of hydrogen-bond acceptors (Lipinski definition) is 3. The fourth-order valence-electron chi connectivity index (χ4n) is 2.51. The van der Waals surface area contributed by atoms with Crippen molar-refractivity contribution in [3.8, 4) is 5.75 Å². The van der Waals surface area contributed by atoms with Crippen LogP contribution in [-0.4, -0.2) is 31.0 Å². The summed E-state index contributed by atoms with van der Waals surface area (Å²) in [5.41, 5.74) is 1.01. The van der Waals surface area contributed by atoms with Gasteiger partial charge in [-0.2, -0.15) is 0 Å². The fraction of sp³-hybridized carbons (Fsp3) is 0.300. The summed E-state index contributed by atoms with van der Waals surface area (Å²) >= 11 is 11.6. The number of carbonyl (C=O) groups is 2. The summed E-state index contributed by atoms with van der Waals surface area (Å²) < 4.78 is 19.0. The molecule has 0 aliphatic heterocycles. The maximum Gasteiger partial charge on any atom is 0.258 e. The minimum Gasteiger partial charge on any atom is -0.484 e. The molecule has 0 aromatic heterocycles. The lowest BCUT2D eigenvalue weighted by atomic mass is 10.1. The Labute approximate surface area is 172 Å². The molecule has 0 spiro atoms. The summed E-state index contributed by atoms with van der Waals surface area (Å²) in [5, 5.41) is 5.51. The van der Waals surface area contributed by atoms with Crippen LogP contribution in [0.4, 0.5) is 4.39 Å². The van der Waals surface area contributed by atoms with Crippen LogP contribution in [0.2, 0.25) is 10.0 Å². The number of carbonyl (C=O) groups excluding carboxylic acids is 2. The Hall–Kier alpha value is -2.31. The average molecular weight is 425 g/mol. The molecule has 1 fully saturated rings. The lowest BCUT2D eigenvalue weighted by Crippen LogP contribution is -2.30. The molecule has 0 unspecified atom stereocenters. The molecule has 0 heterocycles. The van der Waals surface area contributed by atoms with Gasteiger partial charge in [0.05, 0.1) is 15.6 Å². The van der Waals surface area contributed by atoms with Crippen LogP contribution in [0.5, 0.6) is 5.75 Å². The first-order valence-electron chi connectivity index (χ1n) is 8.86. The van der Waals surface area contributed by atoms with Crippen molar-refractivity contribution in [2.24, 2.45) is 0 Å². The summed E-state index contributed by atoms with van der Waals surface area (Å²) in [6.07, 6.45) is 2.65. The maximum absolute atomic E-state index is 13.5. The Bertz CT molecular complexity index is 870. The van der Waals surface area contributed by atoms with Crippen LogP contribution in [0.25, 0.3) is 0 Å². The number of nitrogens with one attached hydrogen (secondary N) is 2. The van der Waals surface area contributed by atoms with Crippen molar-refractivity contribution >= 4 is 35.0 Å². The minimum absolute atomic E-state index is 0.00961. The van der Waals surface area contributed by atoms with Crippen molar-refractivity contribution in [3.63, 3.8) is 0 Å². The molecule has 8 heteroatoms. The maximum atomic E-state index is 13.5. The van der Waals surface area contributed by atoms with E-state index in [1.807, 2.05) is 12.1 Å². The predicted molar refractivity (Wildman–Crippen MR) is 106 cm³/mol. The normalized spacial score (nSPS) is 13.1. The highest BCUT2D eigenvalue weighted by Crippen LogP contribution is 2.24. The molecule has 2 N–H and O–H groups in total. The van der Waals surface area contributed by atoms with Gasteiger partial charge in [-0.3, -0.25) is 9.59 Å². The molecule has 5 nitrogen and oxygen atoms in total. The Morgan fingerprint density at radius 3 is 2.50 bits per heavy atom. The van der Waals surface area contributed by atoms with E-state index in [9.17, 15) is 14.0 Å². The summed E-state index contributed by atoms with van der Waals surface area (Å²) in [5.74, 6) is -0.687. The molecule has 3 rings (SSSR count). The molecular formula is C20H19Cl2FN2O3. The van der Waals surface area contributed by atoms with Gasteiger partial charge in [-0.05, 0) is 49.1 Å². The molecule has 28 heavy (non-hydrogen) atoms. The number of benzene rings is 2. The monoisotopic (exact) mass is 424 g/mol. The van der Waals surface area contributed by atoms with Gasteiger partial charge < -0.3 is 15.4 Å². The van der Waals surface area contributed by atoms with Gasteiger partial charge >= 0.3 is 0 Å².